The number of benzene rings is 2. The van der Waals surface area contributed by atoms with Crippen LogP contribution in [-0.2, 0) is 6.54 Å². The molecule has 0 saturated carbocycles. The number of hydrogen-bond donors (Lipinski definition) is 1. The molecule has 0 unspecified atom stereocenters. The van der Waals surface area contributed by atoms with Crippen molar-refractivity contribution in [2.45, 2.75) is 19.5 Å². The first-order valence-corrected chi connectivity index (χ1v) is 7.32. The second-order valence-corrected chi connectivity index (χ2v) is 5.52. The van der Waals surface area contributed by atoms with Crippen LogP contribution in [-0.4, -0.2) is 7.11 Å². The first-order valence-electron chi connectivity index (χ1n) is 6.53. The van der Waals surface area contributed by atoms with Crippen molar-refractivity contribution in [2.24, 2.45) is 0 Å². The van der Waals surface area contributed by atoms with Gasteiger partial charge in [0.25, 0.3) is 0 Å². The number of rotatable bonds is 5. The third-order valence-corrected chi connectivity index (χ3v) is 3.94. The Balaban J connectivity index is 2.15. The number of nitrogens with one attached hydrogen (secondary N) is 1. The molecule has 21 heavy (non-hydrogen) atoms. The summed E-state index contributed by atoms with van der Waals surface area (Å²) in [5.74, 6) is -0.391. The van der Waals surface area contributed by atoms with Gasteiger partial charge in [-0.2, -0.15) is 0 Å². The van der Waals surface area contributed by atoms with Crippen molar-refractivity contribution in [1.29, 1.82) is 0 Å². The standard InChI is InChI=1S/C16H16BrF2NO/c1-10(11-5-3-4-6-15(11)21-2)20-9-12-14(18)8-7-13(17)16(12)19/h3-8,10,20H,9H2,1-2H3/t10-/m1/s1. The molecule has 1 atom stereocenters. The van der Waals surface area contributed by atoms with E-state index in [2.05, 4.69) is 21.2 Å². The highest BCUT2D eigenvalue weighted by Gasteiger charge is 2.15. The van der Waals surface area contributed by atoms with Crippen molar-refractivity contribution in [2.75, 3.05) is 7.11 Å². The quantitative estimate of drug-likeness (QED) is 0.792. The Morgan fingerprint density at radius 2 is 1.90 bits per heavy atom. The lowest BCUT2D eigenvalue weighted by molar-refractivity contribution is 0.400. The van der Waals surface area contributed by atoms with Crippen molar-refractivity contribution in [3.63, 3.8) is 0 Å². The van der Waals surface area contributed by atoms with Crippen LogP contribution in [0.25, 0.3) is 0 Å². The fourth-order valence-electron chi connectivity index (χ4n) is 2.12. The van der Waals surface area contributed by atoms with Gasteiger partial charge in [0.1, 0.15) is 17.4 Å². The van der Waals surface area contributed by atoms with Crippen molar-refractivity contribution in [3.8, 4) is 5.75 Å². The van der Waals surface area contributed by atoms with Crippen LogP contribution in [0.2, 0.25) is 0 Å². The summed E-state index contributed by atoms with van der Waals surface area (Å²) in [7, 11) is 1.60. The van der Waals surface area contributed by atoms with Crippen LogP contribution in [0.1, 0.15) is 24.1 Å². The summed E-state index contributed by atoms with van der Waals surface area (Å²) >= 11 is 3.07. The maximum Gasteiger partial charge on any atom is 0.144 e. The van der Waals surface area contributed by atoms with Gasteiger partial charge < -0.3 is 10.1 Å². The van der Waals surface area contributed by atoms with Gasteiger partial charge in [-0.3, -0.25) is 0 Å². The van der Waals surface area contributed by atoms with Crippen LogP contribution >= 0.6 is 15.9 Å². The van der Waals surface area contributed by atoms with Crippen LogP contribution < -0.4 is 10.1 Å². The van der Waals surface area contributed by atoms with Gasteiger partial charge in [-0.05, 0) is 41.1 Å². The molecule has 0 amide bonds. The largest absolute Gasteiger partial charge is 0.496 e. The van der Waals surface area contributed by atoms with Crippen LogP contribution in [0.3, 0.4) is 0 Å². The molecule has 2 aromatic rings. The minimum Gasteiger partial charge on any atom is -0.496 e. The van der Waals surface area contributed by atoms with Crippen LogP contribution in [0, 0.1) is 11.6 Å². The van der Waals surface area contributed by atoms with Crippen molar-refractivity contribution in [1.82, 2.24) is 5.32 Å². The molecule has 112 valence electrons. The van der Waals surface area contributed by atoms with E-state index in [-0.39, 0.29) is 22.6 Å². The summed E-state index contributed by atoms with van der Waals surface area (Å²) in [6.07, 6.45) is 0. The molecule has 2 rings (SSSR count). The molecule has 2 aromatic carbocycles. The number of hydrogen-bond acceptors (Lipinski definition) is 2. The third-order valence-electron chi connectivity index (χ3n) is 3.33. The van der Waals surface area contributed by atoms with Gasteiger partial charge in [0, 0.05) is 23.7 Å². The summed E-state index contributed by atoms with van der Waals surface area (Å²) in [5.41, 5.74) is 0.960. The van der Waals surface area contributed by atoms with Gasteiger partial charge in [0.05, 0.1) is 11.6 Å². The average molecular weight is 356 g/mol. The predicted molar refractivity (Wildman–Crippen MR) is 82.3 cm³/mol. The number of para-hydroxylation sites is 1. The molecule has 0 aliphatic carbocycles. The molecular formula is C16H16BrF2NO. The highest BCUT2D eigenvalue weighted by atomic mass is 79.9. The normalized spacial score (nSPS) is 12.2. The molecule has 0 heterocycles. The zero-order valence-electron chi connectivity index (χ0n) is 11.8. The highest BCUT2D eigenvalue weighted by molar-refractivity contribution is 9.10. The molecule has 0 aliphatic rings. The van der Waals surface area contributed by atoms with Crippen LogP contribution in [0.4, 0.5) is 8.78 Å². The smallest absolute Gasteiger partial charge is 0.144 e. The monoisotopic (exact) mass is 355 g/mol. The SMILES string of the molecule is COc1ccccc1[C@@H](C)NCc1c(F)ccc(Br)c1F. The summed E-state index contributed by atoms with van der Waals surface area (Å²) in [5, 5.41) is 3.12. The van der Waals surface area contributed by atoms with E-state index in [0.717, 1.165) is 11.3 Å². The Hall–Kier alpha value is -1.46. The number of methoxy groups -OCH3 is 1. The lowest BCUT2D eigenvalue weighted by Crippen LogP contribution is -2.20. The number of ether oxygens (including phenoxy) is 1. The van der Waals surface area contributed by atoms with E-state index in [9.17, 15) is 8.78 Å². The fraction of sp³-hybridized carbons (Fsp3) is 0.250. The summed E-state index contributed by atoms with van der Waals surface area (Å²) in [6, 6.07) is 10.1. The van der Waals surface area contributed by atoms with E-state index in [0.29, 0.717) is 0 Å². The summed E-state index contributed by atoms with van der Waals surface area (Å²) < 4.78 is 33.2. The highest BCUT2D eigenvalue weighted by Crippen LogP contribution is 2.26. The molecule has 0 radical (unpaired) electrons. The molecule has 0 aliphatic heterocycles. The summed E-state index contributed by atoms with van der Waals surface area (Å²) in [6.45, 7) is 2.02. The second-order valence-electron chi connectivity index (χ2n) is 4.67. The first kappa shape index (κ1) is 15.9. The van der Waals surface area contributed by atoms with Gasteiger partial charge in [-0.25, -0.2) is 8.78 Å². The zero-order chi connectivity index (χ0) is 15.4. The Morgan fingerprint density at radius 1 is 1.19 bits per heavy atom. The van der Waals surface area contributed by atoms with Crippen molar-refractivity contribution in [3.05, 3.63) is 63.6 Å². The van der Waals surface area contributed by atoms with Gasteiger partial charge in [0.15, 0.2) is 0 Å². The number of halogens is 3. The van der Waals surface area contributed by atoms with Gasteiger partial charge in [-0.1, -0.05) is 18.2 Å². The lowest BCUT2D eigenvalue weighted by Gasteiger charge is -2.18. The lowest BCUT2D eigenvalue weighted by atomic mass is 10.1. The minimum atomic E-state index is -0.574. The third kappa shape index (κ3) is 3.60. The van der Waals surface area contributed by atoms with E-state index < -0.39 is 11.6 Å². The van der Waals surface area contributed by atoms with Crippen molar-refractivity contribution < 1.29 is 13.5 Å². The van der Waals surface area contributed by atoms with E-state index in [1.807, 2.05) is 31.2 Å². The Labute approximate surface area is 131 Å². The topological polar surface area (TPSA) is 21.3 Å². The van der Waals surface area contributed by atoms with Gasteiger partial charge in [-0.15, -0.1) is 0 Å². The maximum absolute atomic E-state index is 13.9. The molecule has 0 aromatic heterocycles. The second kappa shape index (κ2) is 7.00. The molecule has 5 heteroatoms. The Bertz CT molecular complexity index is 634. The van der Waals surface area contributed by atoms with E-state index in [4.69, 9.17) is 4.74 Å². The average Bonchev–Trinajstić information content (AvgIpc) is 2.50. The van der Waals surface area contributed by atoms with Crippen LogP contribution in [0.15, 0.2) is 40.9 Å². The molecule has 1 N–H and O–H groups in total. The molecule has 0 spiro atoms. The minimum absolute atomic E-state index is 0.0196. The summed E-state index contributed by atoms with van der Waals surface area (Å²) in [4.78, 5) is 0. The van der Waals surface area contributed by atoms with Gasteiger partial charge in [0.2, 0.25) is 0 Å². The van der Waals surface area contributed by atoms with Crippen LogP contribution in [0.5, 0.6) is 5.75 Å². The molecular weight excluding hydrogens is 340 g/mol. The van der Waals surface area contributed by atoms with E-state index in [1.165, 1.54) is 12.1 Å². The molecule has 0 bridgehead atoms. The molecule has 0 saturated heterocycles. The fourth-order valence-corrected chi connectivity index (χ4v) is 2.49. The van der Waals surface area contributed by atoms with E-state index >= 15 is 0 Å². The van der Waals surface area contributed by atoms with E-state index in [1.54, 1.807) is 7.11 Å². The maximum atomic E-state index is 13.9. The Morgan fingerprint density at radius 3 is 2.62 bits per heavy atom. The molecule has 0 fully saturated rings. The molecule has 2 nitrogen and oxygen atoms in total. The first-order chi connectivity index (χ1) is 10.0. The van der Waals surface area contributed by atoms with Crippen molar-refractivity contribution >= 4 is 15.9 Å². The zero-order valence-corrected chi connectivity index (χ0v) is 13.4. The van der Waals surface area contributed by atoms with Gasteiger partial charge >= 0.3 is 0 Å². The predicted octanol–water partition coefficient (Wildman–Crippen LogP) is 4.59. The Kier molecular flexibility index (Phi) is 5.31.